The van der Waals surface area contributed by atoms with Crippen molar-refractivity contribution < 1.29 is 4.74 Å². The number of rotatable bonds is 4. The van der Waals surface area contributed by atoms with E-state index in [0.717, 1.165) is 0 Å². The van der Waals surface area contributed by atoms with Gasteiger partial charge < -0.3 is 9.30 Å². The average Bonchev–Trinajstić information content (AvgIpc) is 2.72. The molecule has 0 unspecified atom stereocenters. The van der Waals surface area contributed by atoms with E-state index in [2.05, 4.69) is 15.4 Å². The number of ether oxygens (including phenoxy) is 1. The van der Waals surface area contributed by atoms with E-state index in [1.807, 2.05) is 0 Å². The van der Waals surface area contributed by atoms with Crippen LogP contribution in [0.2, 0.25) is 0 Å². The Morgan fingerprint density at radius 3 is 2.83 bits per heavy atom. The van der Waals surface area contributed by atoms with Crippen LogP contribution in [0.3, 0.4) is 0 Å². The molecule has 98 valence electrons. The molecule has 0 aliphatic rings. The lowest BCUT2D eigenvalue weighted by molar-refractivity contribution is 0.188. The summed E-state index contributed by atoms with van der Waals surface area (Å²) in [6.45, 7) is 0.788. The Balaban J connectivity index is 2.78. The number of nitrogens with two attached hydrogens (primary N) is 1. The summed E-state index contributed by atoms with van der Waals surface area (Å²) in [5.41, 5.74) is 1.92. The van der Waals surface area contributed by atoms with Crippen LogP contribution in [-0.4, -0.2) is 32.8 Å². The van der Waals surface area contributed by atoms with E-state index in [0.29, 0.717) is 19.1 Å². The van der Waals surface area contributed by atoms with Crippen LogP contribution in [0.25, 0.3) is 11.2 Å². The van der Waals surface area contributed by atoms with Gasteiger partial charge in [0.2, 0.25) is 5.95 Å². The molecule has 0 radical (unpaired) electrons. The molecule has 9 heteroatoms. The zero-order valence-electron chi connectivity index (χ0n) is 10.1. The fourth-order valence-corrected chi connectivity index (χ4v) is 1.75. The topological polar surface area (TPSA) is 120 Å². The largest absolute Gasteiger partial charge is 0.383 e. The molecule has 0 bridgehead atoms. The minimum Gasteiger partial charge on any atom is -0.383 e. The zero-order valence-corrected chi connectivity index (χ0v) is 10.1. The van der Waals surface area contributed by atoms with Gasteiger partial charge in [0.1, 0.15) is 0 Å². The predicted octanol–water partition coefficient (Wildman–Crippen LogP) is -1.64. The number of aromatic nitrogens is 4. The molecule has 9 nitrogen and oxygen atoms in total. The van der Waals surface area contributed by atoms with Gasteiger partial charge in [0.05, 0.1) is 6.61 Å². The summed E-state index contributed by atoms with van der Waals surface area (Å²) in [5, 5.41) is 0. The number of hydrogen-bond donors (Lipinski definition) is 3. The van der Waals surface area contributed by atoms with Gasteiger partial charge in [-0.3, -0.25) is 19.8 Å². The van der Waals surface area contributed by atoms with Gasteiger partial charge in [0.25, 0.3) is 5.56 Å². The Morgan fingerprint density at radius 1 is 1.50 bits per heavy atom. The van der Waals surface area contributed by atoms with Gasteiger partial charge in [-0.05, 0) is 0 Å². The second-order valence-electron chi connectivity index (χ2n) is 3.71. The molecule has 0 atom stereocenters. The summed E-state index contributed by atoms with van der Waals surface area (Å²) in [6, 6.07) is 0. The summed E-state index contributed by atoms with van der Waals surface area (Å²) < 4.78 is 7.78. The first-order chi connectivity index (χ1) is 8.60. The number of methoxy groups -OCH3 is 1. The van der Waals surface area contributed by atoms with Crippen LogP contribution in [0.1, 0.15) is 0 Å². The van der Waals surface area contributed by atoms with Crippen molar-refractivity contribution in [3.63, 3.8) is 0 Å². The van der Waals surface area contributed by atoms with Gasteiger partial charge in [-0.2, -0.15) is 4.98 Å². The minimum atomic E-state index is -0.521. The summed E-state index contributed by atoms with van der Waals surface area (Å²) in [4.78, 5) is 29.6. The van der Waals surface area contributed by atoms with Gasteiger partial charge in [0, 0.05) is 20.7 Å². The predicted molar refractivity (Wildman–Crippen MR) is 65.3 cm³/mol. The van der Waals surface area contributed by atoms with E-state index in [1.54, 1.807) is 11.7 Å². The van der Waals surface area contributed by atoms with Gasteiger partial charge in [-0.25, -0.2) is 10.6 Å². The molecule has 0 amide bonds. The van der Waals surface area contributed by atoms with E-state index < -0.39 is 11.2 Å². The highest BCUT2D eigenvalue weighted by Gasteiger charge is 2.16. The van der Waals surface area contributed by atoms with Crippen molar-refractivity contribution in [2.24, 2.45) is 12.9 Å². The van der Waals surface area contributed by atoms with E-state index in [9.17, 15) is 9.59 Å². The maximum absolute atomic E-state index is 11.8. The van der Waals surface area contributed by atoms with Gasteiger partial charge in [0.15, 0.2) is 11.2 Å². The second kappa shape index (κ2) is 4.63. The number of hydrazine groups is 1. The lowest BCUT2D eigenvalue weighted by atomic mass is 10.5. The number of nitrogens with zero attached hydrogens (tertiary/aromatic N) is 3. The molecule has 0 saturated heterocycles. The monoisotopic (exact) mass is 254 g/mol. The van der Waals surface area contributed by atoms with Crippen molar-refractivity contribution in [2.75, 3.05) is 19.1 Å². The quantitative estimate of drug-likeness (QED) is 0.444. The lowest BCUT2D eigenvalue weighted by Gasteiger charge is -2.06. The number of imidazole rings is 1. The number of H-pyrrole nitrogens is 1. The first kappa shape index (κ1) is 12.3. The van der Waals surface area contributed by atoms with Crippen LogP contribution in [-0.2, 0) is 18.3 Å². The third-order valence-electron chi connectivity index (χ3n) is 2.66. The van der Waals surface area contributed by atoms with Crippen LogP contribution in [0.15, 0.2) is 9.59 Å². The van der Waals surface area contributed by atoms with Crippen molar-refractivity contribution in [1.82, 2.24) is 19.1 Å². The normalized spacial score (nSPS) is 11.1. The molecular weight excluding hydrogens is 240 g/mol. The number of aryl methyl sites for hydroxylation is 1. The molecule has 0 aromatic carbocycles. The number of aromatic amines is 1. The fourth-order valence-electron chi connectivity index (χ4n) is 1.75. The number of fused-ring (bicyclic) bond motifs is 1. The molecule has 2 rings (SSSR count). The van der Waals surface area contributed by atoms with Crippen molar-refractivity contribution in [3.8, 4) is 0 Å². The molecule has 18 heavy (non-hydrogen) atoms. The SMILES string of the molecule is COCCn1c(NN)nc2c1c(=O)[nH]c(=O)n2C. The molecule has 0 fully saturated rings. The summed E-state index contributed by atoms with van der Waals surface area (Å²) >= 11 is 0. The summed E-state index contributed by atoms with van der Waals surface area (Å²) in [7, 11) is 3.07. The third kappa shape index (κ3) is 1.79. The van der Waals surface area contributed by atoms with Crippen molar-refractivity contribution in [3.05, 3.63) is 20.8 Å². The number of hydrogen-bond acceptors (Lipinski definition) is 6. The van der Waals surface area contributed by atoms with Crippen LogP contribution in [0.4, 0.5) is 5.95 Å². The van der Waals surface area contributed by atoms with Crippen molar-refractivity contribution >= 4 is 17.1 Å². The van der Waals surface area contributed by atoms with Crippen LogP contribution in [0, 0.1) is 0 Å². The maximum atomic E-state index is 11.8. The highest BCUT2D eigenvalue weighted by Crippen LogP contribution is 2.13. The van der Waals surface area contributed by atoms with Crippen LogP contribution >= 0.6 is 0 Å². The zero-order chi connectivity index (χ0) is 13.3. The van der Waals surface area contributed by atoms with E-state index >= 15 is 0 Å². The Bertz CT molecular complexity index is 682. The molecular formula is C9H14N6O3. The molecule has 0 aliphatic heterocycles. The first-order valence-corrected chi connectivity index (χ1v) is 5.25. The highest BCUT2D eigenvalue weighted by molar-refractivity contribution is 5.73. The lowest BCUT2D eigenvalue weighted by Crippen LogP contribution is -2.29. The number of anilines is 1. The summed E-state index contributed by atoms with van der Waals surface area (Å²) in [5.74, 6) is 5.65. The molecule has 2 aromatic heterocycles. The van der Waals surface area contributed by atoms with E-state index in [-0.39, 0.29) is 11.2 Å². The molecule has 2 heterocycles. The van der Waals surface area contributed by atoms with Gasteiger partial charge >= 0.3 is 5.69 Å². The molecule has 4 N–H and O–H groups in total. The molecule has 2 aromatic rings. The molecule has 0 aliphatic carbocycles. The maximum Gasteiger partial charge on any atom is 0.329 e. The highest BCUT2D eigenvalue weighted by atomic mass is 16.5. The molecule has 0 spiro atoms. The van der Waals surface area contributed by atoms with E-state index in [4.69, 9.17) is 10.6 Å². The second-order valence-corrected chi connectivity index (χ2v) is 3.71. The van der Waals surface area contributed by atoms with Crippen molar-refractivity contribution in [2.45, 2.75) is 6.54 Å². The van der Waals surface area contributed by atoms with Crippen LogP contribution < -0.4 is 22.5 Å². The Labute approximate surface area is 101 Å². The van der Waals surface area contributed by atoms with Crippen molar-refractivity contribution in [1.29, 1.82) is 0 Å². The van der Waals surface area contributed by atoms with Gasteiger partial charge in [-0.15, -0.1) is 0 Å². The Morgan fingerprint density at radius 2 is 2.22 bits per heavy atom. The minimum absolute atomic E-state index is 0.271. The summed E-state index contributed by atoms with van der Waals surface area (Å²) in [6.07, 6.45) is 0. The fraction of sp³-hybridized carbons (Fsp3) is 0.444. The standard InChI is InChI=1S/C9H14N6O3/c1-14-6-5(7(16)12-9(14)17)15(3-4-18-2)8(11-6)13-10/h3-4,10H2,1-2H3,(H,11,13)(H,12,16,17). The Hall–Kier alpha value is -2.13. The van der Waals surface area contributed by atoms with Gasteiger partial charge in [-0.1, -0.05) is 0 Å². The first-order valence-electron chi connectivity index (χ1n) is 5.25. The third-order valence-corrected chi connectivity index (χ3v) is 2.66. The molecule has 0 saturated carbocycles. The number of nitrogens with one attached hydrogen (secondary N) is 2. The number of nitrogen functional groups attached to an aromatic ring is 1. The Kier molecular flexibility index (Phi) is 3.17. The average molecular weight is 254 g/mol. The van der Waals surface area contributed by atoms with Crippen LogP contribution in [0.5, 0.6) is 0 Å². The van der Waals surface area contributed by atoms with E-state index in [1.165, 1.54) is 11.6 Å². The smallest absolute Gasteiger partial charge is 0.329 e.